The van der Waals surface area contributed by atoms with Crippen molar-refractivity contribution in [1.29, 1.82) is 0 Å². The molecule has 2 fully saturated rings. The van der Waals surface area contributed by atoms with Gasteiger partial charge in [-0.05, 0) is 30.3 Å². The van der Waals surface area contributed by atoms with Crippen LogP contribution in [0.25, 0.3) is 0 Å². The molecule has 0 aromatic carbocycles. The molecule has 1 amide bonds. The third-order valence-electron chi connectivity index (χ3n) is 3.95. The van der Waals surface area contributed by atoms with Gasteiger partial charge in [0.15, 0.2) is 0 Å². The molecular weight excluding hydrogens is 262 g/mol. The first-order chi connectivity index (χ1) is 8.81. The van der Waals surface area contributed by atoms with Crippen LogP contribution in [-0.2, 0) is 5.41 Å². The molecular formula is C13H19N3O2S. The molecule has 2 heterocycles. The van der Waals surface area contributed by atoms with Crippen molar-refractivity contribution < 1.29 is 9.90 Å². The predicted octanol–water partition coefficient (Wildman–Crippen LogP) is 1.43. The quantitative estimate of drug-likeness (QED) is 0.890. The second kappa shape index (κ2) is 3.99. The molecule has 19 heavy (non-hydrogen) atoms. The number of carbonyl (C=O) groups excluding carboxylic acids is 1. The van der Waals surface area contributed by atoms with Crippen molar-refractivity contribution in [3.8, 4) is 0 Å². The lowest BCUT2D eigenvalue weighted by Crippen LogP contribution is -2.64. The molecule has 1 aromatic heterocycles. The number of aliphatic hydroxyl groups is 1. The maximum atomic E-state index is 12.4. The van der Waals surface area contributed by atoms with E-state index in [9.17, 15) is 9.90 Å². The fourth-order valence-corrected chi connectivity index (χ4v) is 3.45. The largest absolute Gasteiger partial charge is 0.386 e. The molecule has 0 spiro atoms. The van der Waals surface area contributed by atoms with E-state index in [0.29, 0.717) is 23.9 Å². The van der Waals surface area contributed by atoms with E-state index in [0.717, 1.165) is 30.1 Å². The van der Waals surface area contributed by atoms with Crippen molar-refractivity contribution >= 4 is 17.4 Å². The Labute approximate surface area is 116 Å². The molecule has 0 radical (unpaired) electrons. The highest BCUT2D eigenvalue weighted by atomic mass is 32.1. The lowest BCUT2D eigenvalue weighted by Gasteiger charge is -2.46. The summed E-state index contributed by atoms with van der Waals surface area (Å²) in [6, 6.07) is 0. The average molecular weight is 281 g/mol. The lowest BCUT2D eigenvalue weighted by atomic mass is 9.87. The second-order valence-corrected chi connectivity index (χ2v) is 7.49. The Kier molecular flexibility index (Phi) is 2.73. The summed E-state index contributed by atoms with van der Waals surface area (Å²) in [5.74, 6) is 0.364. The predicted molar refractivity (Wildman–Crippen MR) is 72.2 cm³/mol. The minimum Gasteiger partial charge on any atom is -0.386 e. The van der Waals surface area contributed by atoms with E-state index >= 15 is 0 Å². The first-order valence-corrected chi connectivity index (χ1v) is 7.43. The van der Waals surface area contributed by atoms with Crippen molar-refractivity contribution in [2.24, 2.45) is 5.92 Å². The van der Waals surface area contributed by atoms with Gasteiger partial charge in [0.25, 0.3) is 5.91 Å². The number of carbonyl (C=O) groups is 1. The van der Waals surface area contributed by atoms with Crippen LogP contribution in [0.15, 0.2) is 0 Å². The van der Waals surface area contributed by atoms with Gasteiger partial charge in [0.05, 0.1) is 18.8 Å². The van der Waals surface area contributed by atoms with E-state index in [1.54, 1.807) is 4.90 Å². The third kappa shape index (κ3) is 2.17. The second-order valence-electron chi connectivity index (χ2n) is 6.74. The number of nitrogens with zero attached hydrogens (tertiary/aromatic N) is 3. The van der Waals surface area contributed by atoms with Gasteiger partial charge in [-0.25, -0.2) is 0 Å². The standard InChI is InChI=1S/C13H19N3O2S/c1-12(2,3)10-9(19-15-14-10)11(17)16-6-13(18,7-16)8-4-5-8/h8,18H,4-7H2,1-3H3. The Balaban J connectivity index is 1.74. The van der Waals surface area contributed by atoms with Crippen LogP contribution in [0, 0.1) is 5.92 Å². The summed E-state index contributed by atoms with van der Waals surface area (Å²) in [7, 11) is 0. The Morgan fingerprint density at radius 2 is 2.05 bits per heavy atom. The topological polar surface area (TPSA) is 66.3 Å². The van der Waals surface area contributed by atoms with Crippen LogP contribution in [0.2, 0.25) is 0 Å². The van der Waals surface area contributed by atoms with E-state index in [2.05, 4.69) is 9.59 Å². The zero-order valence-electron chi connectivity index (χ0n) is 11.5. The van der Waals surface area contributed by atoms with Crippen molar-refractivity contribution in [2.45, 2.75) is 44.6 Å². The first-order valence-electron chi connectivity index (χ1n) is 6.66. The summed E-state index contributed by atoms with van der Waals surface area (Å²) < 4.78 is 3.92. The zero-order valence-corrected chi connectivity index (χ0v) is 12.3. The number of hydrogen-bond acceptors (Lipinski definition) is 5. The highest BCUT2D eigenvalue weighted by Gasteiger charge is 2.53. The van der Waals surface area contributed by atoms with Crippen LogP contribution in [0.1, 0.15) is 49.0 Å². The van der Waals surface area contributed by atoms with Crippen LogP contribution >= 0.6 is 11.5 Å². The maximum absolute atomic E-state index is 12.4. The molecule has 6 heteroatoms. The molecule has 1 aromatic rings. The van der Waals surface area contributed by atoms with E-state index in [1.807, 2.05) is 20.8 Å². The highest BCUT2D eigenvalue weighted by Crippen LogP contribution is 2.45. The van der Waals surface area contributed by atoms with E-state index in [-0.39, 0.29) is 11.3 Å². The molecule has 5 nitrogen and oxygen atoms in total. The molecule has 3 rings (SSSR count). The van der Waals surface area contributed by atoms with Crippen LogP contribution in [0.4, 0.5) is 0 Å². The fraction of sp³-hybridized carbons (Fsp3) is 0.769. The number of amides is 1. The van der Waals surface area contributed by atoms with Crippen LogP contribution < -0.4 is 0 Å². The van der Waals surface area contributed by atoms with Gasteiger partial charge >= 0.3 is 0 Å². The minimum absolute atomic E-state index is 0.0368. The SMILES string of the molecule is CC(C)(C)c1nnsc1C(=O)N1CC(O)(C2CC2)C1. The first kappa shape index (κ1) is 13.0. The molecule has 0 atom stereocenters. The zero-order chi connectivity index (χ0) is 13.8. The van der Waals surface area contributed by atoms with Gasteiger partial charge in [-0.2, -0.15) is 0 Å². The average Bonchev–Trinajstić information content (AvgIpc) is 2.99. The summed E-state index contributed by atoms with van der Waals surface area (Å²) in [6.07, 6.45) is 2.18. The molecule has 1 N–H and O–H groups in total. The monoisotopic (exact) mass is 281 g/mol. The summed E-state index contributed by atoms with van der Waals surface area (Å²) in [5.41, 5.74) is -0.0601. The molecule has 0 bridgehead atoms. The lowest BCUT2D eigenvalue weighted by molar-refractivity contribution is -0.0957. The molecule has 1 saturated carbocycles. The van der Waals surface area contributed by atoms with Gasteiger partial charge in [0.2, 0.25) is 0 Å². The van der Waals surface area contributed by atoms with E-state index in [4.69, 9.17) is 0 Å². The van der Waals surface area contributed by atoms with Crippen molar-refractivity contribution in [1.82, 2.24) is 14.5 Å². The van der Waals surface area contributed by atoms with Crippen LogP contribution in [-0.4, -0.2) is 44.2 Å². The summed E-state index contributed by atoms with van der Waals surface area (Å²) >= 11 is 1.15. The van der Waals surface area contributed by atoms with Gasteiger partial charge < -0.3 is 10.0 Å². The maximum Gasteiger partial charge on any atom is 0.267 e. The minimum atomic E-state index is -0.629. The Morgan fingerprint density at radius 1 is 1.42 bits per heavy atom. The highest BCUT2D eigenvalue weighted by molar-refractivity contribution is 7.08. The molecule has 1 aliphatic carbocycles. The molecule has 0 unspecified atom stereocenters. The van der Waals surface area contributed by atoms with E-state index in [1.165, 1.54) is 0 Å². The number of hydrogen-bond donors (Lipinski definition) is 1. The fourth-order valence-electron chi connectivity index (χ4n) is 2.60. The van der Waals surface area contributed by atoms with Gasteiger partial charge in [-0.15, -0.1) is 5.10 Å². The van der Waals surface area contributed by atoms with Gasteiger partial charge in [0, 0.05) is 5.41 Å². The molecule has 1 aliphatic heterocycles. The van der Waals surface area contributed by atoms with Crippen molar-refractivity contribution in [3.05, 3.63) is 10.6 Å². The number of aromatic nitrogens is 2. The van der Waals surface area contributed by atoms with Crippen LogP contribution in [0.5, 0.6) is 0 Å². The van der Waals surface area contributed by atoms with Crippen molar-refractivity contribution in [2.75, 3.05) is 13.1 Å². The number of likely N-dealkylation sites (tertiary alicyclic amines) is 1. The van der Waals surface area contributed by atoms with Gasteiger partial charge in [-0.3, -0.25) is 4.79 Å². The van der Waals surface area contributed by atoms with E-state index < -0.39 is 5.60 Å². The number of rotatable bonds is 2. The Morgan fingerprint density at radius 3 is 2.58 bits per heavy atom. The van der Waals surface area contributed by atoms with Gasteiger partial charge in [0.1, 0.15) is 10.5 Å². The Bertz CT molecular complexity index is 510. The number of β-amino-alcohol motifs (C(OH)–C–C–N with tert-alkyl or cyclic N) is 1. The van der Waals surface area contributed by atoms with Crippen molar-refractivity contribution in [3.63, 3.8) is 0 Å². The smallest absolute Gasteiger partial charge is 0.267 e. The van der Waals surface area contributed by atoms with Crippen LogP contribution in [0.3, 0.4) is 0 Å². The summed E-state index contributed by atoms with van der Waals surface area (Å²) in [4.78, 5) is 14.8. The molecule has 2 aliphatic rings. The summed E-state index contributed by atoms with van der Waals surface area (Å²) in [5, 5.41) is 14.4. The van der Waals surface area contributed by atoms with Gasteiger partial charge in [-0.1, -0.05) is 25.3 Å². The normalized spacial score (nSPS) is 22.2. The Hall–Kier alpha value is -1.01. The summed E-state index contributed by atoms with van der Waals surface area (Å²) in [6.45, 7) is 6.99. The third-order valence-corrected chi connectivity index (χ3v) is 4.66. The molecule has 104 valence electrons. The molecule has 1 saturated heterocycles.